The molecule has 0 aromatic heterocycles. The van der Waals surface area contributed by atoms with Crippen LogP contribution in [-0.2, 0) is 20.8 Å². The molecule has 0 radical (unpaired) electrons. The van der Waals surface area contributed by atoms with Gasteiger partial charge >= 0.3 is 0 Å². The maximum atomic E-state index is 12.4. The lowest BCUT2D eigenvalue weighted by Crippen LogP contribution is -2.39. The van der Waals surface area contributed by atoms with Gasteiger partial charge in [0.1, 0.15) is 0 Å². The quantitative estimate of drug-likeness (QED) is 0.852. The van der Waals surface area contributed by atoms with E-state index in [1.807, 2.05) is 6.92 Å². The molecule has 1 aliphatic heterocycles. The summed E-state index contributed by atoms with van der Waals surface area (Å²) in [7, 11) is -4.41. The molecule has 0 saturated carbocycles. The Kier molecular flexibility index (Phi) is 5.54. The van der Waals surface area contributed by atoms with Gasteiger partial charge in [-0.2, -0.15) is 0 Å². The Bertz CT molecular complexity index is 605. The highest BCUT2D eigenvalue weighted by molar-refractivity contribution is 7.89. The summed E-state index contributed by atoms with van der Waals surface area (Å²) in [6.45, 7) is 1.84. The molecule has 0 spiro atoms. The fourth-order valence-electron chi connectivity index (χ4n) is 2.32. The van der Waals surface area contributed by atoms with E-state index in [1.54, 1.807) is 12.1 Å². The number of sulfonamides is 1. The number of aliphatic hydroxyl groups excluding tert-OH is 1. The molecular weight excluding hydrogens is 310 g/mol. The lowest BCUT2D eigenvalue weighted by atomic mass is 10.1. The van der Waals surface area contributed by atoms with Crippen LogP contribution in [0.2, 0.25) is 0 Å². The molecule has 2 rings (SSSR count). The van der Waals surface area contributed by atoms with Crippen LogP contribution in [0.15, 0.2) is 29.2 Å². The van der Waals surface area contributed by atoms with Crippen LogP contribution in [0.5, 0.6) is 0 Å². The zero-order valence-electron chi connectivity index (χ0n) is 12.0. The second-order valence-electron chi connectivity index (χ2n) is 5.24. The average Bonchev–Trinajstić information content (AvgIpc) is 2.49. The van der Waals surface area contributed by atoms with Gasteiger partial charge in [0.15, 0.2) is 0 Å². The number of hydrogen-bond acceptors (Lipinski definition) is 4. The summed E-state index contributed by atoms with van der Waals surface area (Å²) >= 11 is 0. The number of aliphatic hydroxyl groups is 1. The van der Waals surface area contributed by atoms with Crippen molar-refractivity contribution in [2.45, 2.75) is 43.2 Å². The third-order valence-electron chi connectivity index (χ3n) is 3.65. The summed E-state index contributed by atoms with van der Waals surface area (Å²) in [6, 6.07) is 6.23. The molecule has 0 bridgehead atoms. The van der Waals surface area contributed by atoms with Crippen molar-refractivity contribution < 1.29 is 17.7 Å². The van der Waals surface area contributed by atoms with Crippen molar-refractivity contribution >= 4 is 20.8 Å². The van der Waals surface area contributed by atoms with Gasteiger partial charge in [0.05, 0.1) is 11.0 Å². The van der Waals surface area contributed by atoms with Gasteiger partial charge in [0, 0.05) is 28.3 Å². The minimum absolute atomic E-state index is 0.160. The Labute approximate surface area is 128 Å². The lowest BCUT2D eigenvalue weighted by Gasteiger charge is -2.22. The van der Waals surface area contributed by atoms with Gasteiger partial charge in [0.25, 0.3) is 0 Å². The second-order valence-corrected chi connectivity index (χ2v) is 8.65. The standard InChI is InChI=1S/C14H21NO4S2/c1-2-14(16)11-4-3-5-13(10-11)21(18,19)15-12-6-8-20(17)9-7-12/h3-5,10,12,14-16H,2,6-9H2,1H3. The van der Waals surface area contributed by atoms with Gasteiger partial charge in [-0.25, -0.2) is 13.1 Å². The Morgan fingerprint density at radius 2 is 2.05 bits per heavy atom. The molecule has 0 aliphatic carbocycles. The van der Waals surface area contributed by atoms with Crippen LogP contribution < -0.4 is 4.72 Å². The molecule has 1 aromatic rings. The van der Waals surface area contributed by atoms with Crippen molar-refractivity contribution in [3.8, 4) is 0 Å². The number of benzene rings is 1. The summed E-state index contributed by atoms with van der Waals surface area (Å²) in [4.78, 5) is 0.166. The van der Waals surface area contributed by atoms with Crippen LogP contribution in [0, 0.1) is 0 Å². The third kappa shape index (κ3) is 4.35. The number of nitrogens with one attached hydrogen (secondary N) is 1. The van der Waals surface area contributed by atoms with Crippen molar-refractivity contribution in [2.24, 2.45) is 0 Å². The molecule has 1 fully saturated rings. The summed E-state index contributed by atoms with van der Waals surface area (Å²) < 4.78 is 38.7. The summed E-state index contributed by atoms with van der Waals surface area (Å²) in [5.41, 5.74) is 0.602. The maximum Gasteiger partial charge on any atom is 0.240 e. The first kappa shape index (κ1) is 16.6. The second kappa shape index (κ2) is 7.00. The van der Waals surface area contributed by atoms with E-state index in [0.717, 1.165) is 0 Å². The molecule has 7 heteroatoms. The van der Waals surface area contributed by atoms with Gasteiger partial charge < -0.3 is 5.11 Å². The minimum Gasteiger partial charge on any atom is -0.388 e. The van der Waals surface area contributed by atoms with E-state index in [2.05, 4.69) is 4.72 Å². The van der Waals surface area contributed by atoms with Gasteiger partial charge in [-0.15, -0.1) is 0 Å². The van der Waals surface area contributed by atoms with Crippen molar-refractivity contribution in [3.63, 3.8) is 0 Å². The van der Waals surface area contributed by atoms with Crippen molar-refractivity contribution in [1.29, 1.82) is 0 Å². The molecule has 5 nitrogen and oxygen atoms in total. The van der Waals surface area contributed by atoms with Crippen molar-refractivity contribution in [2.75, 3.05) is 11.5 Å². The number of hydrogen-bond donors (Lipinski definition) is 2. The van der Waals surface area contributed by atoms with Gasteiger partial charge in [-0.05, 0) is 37.0 Å². The molecule has 1 aromatic carbocycles. The predicted molar refractivity (Wildman–Crippen MR) is 82.9 cm³/mol. The highest BCUT2D eigenvalue weighted by atomic mass is 32.2. The molecule has 1 heterocycles. The van der Waals surface area contributed by atoms with E-state index in [-0.39, 0.29) is 10.9 Å². The van der Waals surface area contributed by atoms with E-state index in [0.29, 0.717) is 36.3 Å². The summed E-state index contributed by atoms with van der Waals surface area (Å²) in [5.74, 6) is 1.09. The maximum absolute atomic E-state index is 12.4. The fourth-order valence-corrected chi connectivity index (χ4v) is 4.98. The van der Waals surface area contributed by atoms with Crippen LogP contribution in [-0.4, -0.2) is 35.3 Å². The molecule has 1 aliphatic rings. The lowest BCUT2D eigenvalue weighted by molar-refractivity contribution is 0.173. The van der Waals surface area contributed by atoms with Gasteiger partial charge in [0.2, 0.25) is 10.0 Å². The molecule has 0 amide bonds. The van der Waals surface area contributed by atoms with E-state index >= 15 is 0 Å². The molecular formula is C14H21NO4S2. The summed E-state index contributed by atoms with van der Waals surface area (Å²) in [5, 5.41) is 9.82. The van der Waals surface area contributed by atoms with Crippen LogP contribution in [0.3, 0.4) is 0 Å². The van der Waals surface area contributed by atoms with Crippen LogP contribution in [0.4, 0.5) is 0 Å². The Morgan fingerprint density at radius 3 is 2.67 bits per heavy atom. The van der Waals surface area contributed by atoms with Crippen LogP contribution in [0.25, 0.3) is 0 Å². The first-order valence-corrected chi connectivity index (χ1v) is 10.0. The van der Waals surface area contributed by atoms with Gasteiger partial charge in [-0.1, -0.05) is 19.1 Å². The highest BCUT2D eigenvalue weighted by Crippen LogP contribution is 2.21. The molecule has 2 N–H and O–H groups in total. The highest BCUT2D eigenvalue weighted by Gasteiger charge is 2.24. The molecule has 21 heavy (non-hydrogen) atoms. The first-order chi connectivity index (χ1) is 9.92. The molecule has 1 unspecified atom stereocenters. The number of rotatable bonds is 5. The van der Waals surface area contributed by atoms with E-state index < -0.39 is 26.9 Å². The third-order valence-corrected chi connectivity index (χ3v) is 6.55. The minimum atomic E-state index is -3.60. The molecule has 1 atom stereocenters. The average molecular weight is 331 g/mol. The normalized spacial score (nSPS) is 24.7. The smallest absolute Gasteiger partial charge is 0.240 e. The Hall–Kier alpha value is -0.760. The molecule has 1 saturated heterocycles. The Morgan fingerprint density at radius 1 is 1.38 bits per heavy atom. The SMILES string of the molecule is CCC(O)c1cccc(S(=O)(=O)NC2CCS(=O)CC2)c1. The van der Waals surface area contributed by atoms with E-state index in [4.69, 9.17) is 0 Å². The van der Waals surface area contributed by atoms with E-state index in [9.17, 15) is 17.7 Å². The Balaban J connectivity index is 2.14. The summed E-state index contributed by atoms with van der Waals surface area (Å²) in [6.07, 6.45) is 1.08. The monoisotopic (exact) mass is 331 g/mol. The zero-order chi connectivity index (χ0) is 15.5. The molecule has 118 valence electrons. The topological polar surface area (TPSA) is 83.5 Å². The van der Waals surface area contributed by atoms with Crippen molar-refractivity contribution in [1.82, 2.24) is 4.72 Å². The van der Waals surface area contributed by atoms with Crippen LogP contribution in [0.1, 0.15) is 37.9 Å². The van der Waals surface area contributed by atoms with Crippen molar-refractivity contribution in [3.05, 3.63) is 29.8 Å². The van der Waals surface area contributed by atoms with Crippen LogP contribution >= 0.6 is 0 Å². The fraction of sp³-hybridized carbons (Fsp3) is 0.571. The largest absolute Gasteiger partial charge is 0.388 e. The first-order valence-electron chi connectivity index (χ1n) is 7.07. The van der Waals surface area contributed by atoms with Gasteiger partial charge in [-0.3, -0.25) is 4.21 Å². The zero-order valence-corrected chi connectivity index (χ0v) is 13.6. The van der Waals surface area contributed by atoms with E-state index in [1.165, 1.54) is 12.1 Å². The predicted octanol–water partition coefficient (Wildman–Crippen LogP) is 1.32.